The van der Waals surface area contributed by atoms with Crippen LogP contribution in [0, 0.1) is 5.82 Å². The first-order valence-corrected chi connectivity index (χ1v) is 8.86. The Kier molecular flexibility index (Phi) is 5.74. The summed E-state index contributed by atoms with van der Waals surface area (Å²) < 4.78 is 18.9. The van der Waals surface area contributed by atoms with Crippen molar-refractivity contribution in [3.63, 3.8) is 0 Å². The number of nitrogens with zero attached hydrogens (tertiary/aromatic N) is 1. The fourth-order valence-electron chi connectivity index (χ4n) is 2.54. The normalized spacial score (nSPS) is 15.4. The molecule has 29 heavy (non-hydrogen) atoms. The van der Waals surface area contributed by atoms with Gasteiger partial charge in [0.2, 0.25) is 0 Å². The number of imide groups is 2. The summed E-state index contributed by atoms with van der Waals surface area (Å²) in [6, 6.07) is 8.19. The molecule has 0 bridgehead atoms. The van der Waals surface area contributed by atoms with Crippen molar-refractivity contribution in [2.45, 2.75) is 0 Å². The first-order valence-electron chi connectivity index (χ1n) is 8.07. The molecule has 0 aromatic heterocycles. The van der Waals surface area contributed by atoms with Crippen LogP contribution in [-0.2, 0) is 14.4 Å². The molecule has 0 aliphatic carbocycles. The van der Waals surface area contributed by atoms with Gasteiger partial charge in [-0.3, -0.25) is 14.9 Å². The number of hydrogen-bond donors (Lipinski definition) is 2. The van der Waals surface area contributed by atoms with E-state index in [1.165, 1.54) is 30.3 Å². The Morgan fingerprint density at radius 3 is 2.52 bits per heavy atom. The largest absolute Gasteiger partial charge is 0.481 e. The van der Waals surface area contributed by atoms with Gasteiger partial charge in [-0.15, -0.1) is 0 Å². The fraction of sp³-hybridized carbons (Fsp3) is 0.0526. The number of rotatable bonds is 5. The van der Waals surface area contributed by atoms with Crippen LogP contribution in [0.15, 0.2) is 52.5 Å². The maximum Gasteiger partial charge on any atom is 0.341 e. The topological polar surface area (TPSA) is 113 Å². The van der Waals surface area contributed by atoms with E-state index in [2.05, 4.69) is 15.9 Å². The Morgan fingerprint density at radius 1 is 1.17 bits per heavy atom. The minimum atomic E-state index is -1.20. The number of amides is 4. The molecular formula is C19H12BrFN2O6. The molecule has 8 nitrogen and oxygen atoms in total. The van der Waals surface area contributed by atoms with Crippen LogP contribution in [-0.4, -0.2) is 35.5 Å². The molecule has 0 spiro atoms. The van der Waals surface area contributed by atoms with E-state index < -0.39 is 36.2 Å². The number of carbonyl (C=O) groups excluding carboxylic acids is 3. The summed E-state index contributed by atoms with van der Waals surface area (Å²) in [5.41, 5.74) is -0.0661. The molecule has 0 saturated carbocycles. The second kappa shape index (κ2) is 8.23. The first-order chi connectivity index (χ1) is 13.8. The molecule has 1 heterocycles. The van der Waals surface area contributed by atoms with Gasteiger partial charge in [0.15, 0.2) is 6.61 Å². The van der Waals surface area contributed by atoms with Gasteiger partial charge in [0.1, 0.15) is 17.1 Å². The summed E-state index contributed by atoms with van der Waals surface area (Å²) in [6.07, 6.45) is 1.18. The predicted molar refractivity (Wildman–Crippen MR) is 103 cm³/mol. The number of halogens is 2. The third-order valence-electron chi connectivity index (χ3n) is 3.81. The Hall–Kier alpha value is -3.53. The zero-order valence-corrected chi connectivity index (χ0v) is 16.1. The van der Waals surface area contributed by atoms with Gasteiger partial charge >= 0.3 is 12.0 Å². The molecule has 1 saturated heterocycles. The molecule has 2 N–H and O–H groups in total. The highest BCUT2D eigenvalue weighted by atomic mass is 79.9. The van der Waals surface area contributed by atoms with Crippen LogP contribution in [0.1, 0.15) is 5.56 Å². The van der Waals surface area contributed by atoms with Gasteiger partial charge in [0.05, 0.1) is 5.69 Å². The average molecular weight is 463 g/mol. The van der Waals surface area contributed by atoms with Gasteiger partial charge in [0, 0.05) is 10.0 Å². The van der Waals surface area contributed by atoms with Crippen LogP contribution >= 0.6 is 15.9 Å². The van der Waals surface area contributed by atoms with Crippen molar-refractivity contribution >= 4 is 51.5 Å². The van der Waals surface area contributed by atoms with Crippen LogP contribution in [0.4, 0.5) is 14.9 Å². The highest BCUT2D eigenvalue weighted by Crippen LogP contribution is 2.28. The standard InChI is InChI=1S/C19H12BrFN2O6/c20-11-1-6-15(29-9-16(24)25)10(7-11)8-14-17(26)22-19(28)23(18(14)27)13-4-2-12(21)3-5-13/h1-8H,9H2,(H,24,25)(H,22,26,28)/b14-8+. The summed E-state index contributed by atoms with van der Waals surface area (Å²) in [4.78, 5) is 48.7. The van der Waals surface area contributed by atoms with Crippen molar-refractivity contribution in [3.8, 4) is 5.75 Å². The molecule has 0 unspecified atom stereocenters. The quantitative estimate of drug-likeness (QED) is 0.521. The molecule has 2 aromatic carbocycles. The van der Waals surface area contributed by atoms with Crippen LogP contribution in [0.5, 0.6) is 5.75 Å². The first kappa shape index (κ1) is 20.2. The number of carbonyl (C=O) groups is 4. The maximum atomic E-state index is 13.2. The van der Waals surface area contributed by atoms with Gasteiger partial charge in [-0.2, -0.15) is 0 Å². The maximum absolute atomic E-state index is 13.2. The number of carboxylic acids is 1. The lowest BCUT2D eigenvalue weighted by atomic mass is 10.1. The molecule has 4 amide bonds. The Balaban J connectivity index is 2.01. The number of urea groups is 1. The third kappa shape index (κ3) is 4.49. The minimum Gasteiger partial charge on any atom is -0.481 e. The molecule has 1 fully saturated rings. The third-order valence-corrected chi connectivity index (χ3v) is 4.30. The average Bonchev–Trinajstić information content (AvgIpc) is 2.65. The molecule has 2 aromatic rings. The minimum absolute atomic E-state index is 0.0730. The SMILES string of the molecule is O=C(O)COc1ccc(Br)cc1/C=C1\C(=O)NC(=O)N(c2ccc(F)cc2)C1=O. The molecule has 1 aliphatic rings. The van der Waals surface area contributed by atoms with Gasteiger partial charge < -0.3 is 9.84 Å². The molecule has 3 rings (SSSR count). The lowest BCUT2D eigenvalue weighted by molar-refractivity contribution is -0.139. The lowest BCUT2D eigenvalue weighted by Crippen LogP contribution is -2.54. The zero-order chi connectivity index (χ0) is 21.1. The molecule has 0 radical (unpaired) electrons. The number of carboxylic acid groups (broad SMARTS) is 1. The number of benzene rings is 2. The van der Waals surface area contributed by atoms with Crippen LogP contribution in [0.2, 0.25) is 0 Å². The van der Waals surface area contributed by atoms with Gasteiger partial charge in [-0.1, -0.05) is 15.9 Å². The molecule has 0 atom stereocenters. The van der Waals surface area contributed by atoms with E-state index in [0.29, 0.717) is 9.37 Å². The summed E-state index contributed by atoms with van der Waals surface area (Å²) in [5.74, 6) is -3.49. The van der Waals surface area contributed by atoms with Crippen molar-refractivity contribution in [2.75, 3.05) is 11.5 Å². The summed E-state index contributed by atoms with van der Waals surface area (Å²) in [5, 5.41) is 10.8. The fourth-order valence-corrected chi connectivity index (χ4v) is 2.92. The molecule has 10 heteroatoms. The summed E-state index contributed by atoms with van der Waals surface area (Å²) in [6.45, 7) is -0.627. The van der Waals surface area contributed by atoms with Crippen LogP contribution in [0.25, 0.3) is 6.08 Å². The number of ether oxygens (including phenoxy) is 1. The molecule has 1 aliphatic heterocycles. The summed E-state index contributed by atoms with van der Waals surface area (Å²) >= 11 is 3.25. The molecular weight excluding hydrogens is 451 g/mol. The van der Waals surface area contributed by atoms with Crippen molar-refractivity contribution in [2.24, 2.45) is 0 Å². The van der Waals surface area contributed by atoms with Crippen molar-refractivity contribution in [3.05, 3.63) is 63.9 Å². The zero-order valence-electron chi connectivity index (χ0n) is 14.5. The van der Waals surface area contributed by atoms with Gasteiger partial charge in [-0.05, 0) is 48.5 Å². The Labute approximate surface area is 171 Å². The van der Waals surface area contributed by atoms with E-state index >= 15 is 0 Å². The Morgan fingerprint density at radius 2 is 1.86 bits per heavy atom. The second-order valence-corrected chi connectivity index (χ2v) is 6.71. The van der Waals surface area contributed by atoms with Crippen LogP contribution in [0.3, 0.4) is 0 Å². The Bertz CT molecular complexity index is 1050. The van der Waals surface area contributed by atoms with E-state index in [1.54, 1.807) is 6.07 Å². The van der Waals surface area contributed by atoms with E-state index in [9.17, 15) is 23.6 Å². The van der Waals surface area contributed by atoms with E-state index in [-0.39, 0.29) is 22.6 Å². The number of aliphatic carboxylic acids is 1. The predicted octanol–water partition coefficient (Wildman–Crippen LogP) is 2.72. The highest BCUT2D eigenvalue weighted by Gasteiger charge is 2.37. The number of hydrogen-bond acceptors (Lipinski definition) is 5. The number of anilines is 1. The van der Waals surface area contributed by atoms with E-state index in [0.717, 1.165) is 12.1 Å². The number of barbiturate groups is 1. The highest BCUT2D eigenvalue weighted by molar-refractivity contribution is 9.10. The summed E-state index contributed by atoms with van der Waals surface area (Å²) in [7, 11) is 0. The smallest absolute Gasteiger partial charge is 0.341 e. The second-order valence-electron chi connectivity index (χ2n) is 5.80. The van der Waals surface area contributed by atoms with Crippen molar-refractivity contribution < 1.29 is 33.4 Å². The molecule has 148 valence electrons. The monoisotopic (exact) mass is 462 g/mol. The lowest BCUT2D eigenvalue weighted by Gasteiger charge is -2.26. The van der Waals surface area contributed by atoms with Crippen LogP contribution < -0.4 is 15.0 Å². The van der Waals surface area contributed by atoms with E-state index in [4.69, 9.17) is 9.84 Å². The van der Waals surface area contributed by atoms with Gasteiger partial charge in [-0.25, -0.2) is 18.9 Å². The van der Waals surface area contributed by atoms with Gasteiger partial charge in [0.25, 0.3) is 11.8 Å². The van der Waals surface area contributed by atoms with Crippen molar-refractivity contribution in [1.82, 2.24) is 5.32 Å². The number of nitrogens with one attached hydrogen (secondary N) is 1. The van der Waals surface area contributed by atoms with Crippen molar-refractivity contribution in [1.29, 1.82) is 0 Å². The van der Waals surface area contributed by atoms with E-state index in [1.807, 2.05) is 5.32 Å².